The van der Waals surface area contributed by atoms with Gasteiger partial charge in [-0.1, -0.05) is 0 Å². The number of carbonyl (C=O) groups excluding carboxylic acids is 1. The third-order valence-electron chi connectivity index (χ3n) is 4.69. The number of nitrogens with one attached hydrogen (secondary N) is 2. The van der Waals surface area contributed by atoms with Crippen LogP contribution >= 0.6 is 0 Å². The second kappa shape index (κ2) is 3.12. The third-order valence-corrected chi connectivity index (χ3v) is 4.69. The molecular weight excluding hydrogens is 214 g/mol. The minimum atomic E-state index is 0.0797. The second-order valence-electron chi connectivity index (χ2n) is 5.78. The van der Waals surface area contributed by atoms with E-state index in [-0.39, 0.29) is 11.3 Å². The van der Waals surface area contributed by atoms with Crippen molar-refractivity contribution < 1.29 is 4.79 Å². The maximum Gasteiger partial charge on any atom is 0.226 e. The normalized spacial score (nSPS) is 32.6. The number of aromatic nitrogens is 2. The molecule has 0 bridgehead atoms. The lowest BCUT2D eigenvalue weighted by molar-refractivity contribution is -0.124. The van der Waals surface area contributed by atoms with E-state index < -0.39 is 0 Å². The van der Waals surface area contributed by atoms with Crippen LogP contribution in [0.2, 0.25) is 0 Å². The lowest BCUT2D eigenvalue weighted by Crippen LogP contribution is -2.28. The molecule has 1 amide bonds. The number of aryl methyl sites for hydroxylation is 1. The van der Waals surface area contributed by atoms with Crippen LogP contribution in [-0.4, -0.2) is 16.1 Å². The van der Waals surface area contributed by atoms with Gasteiger partial charge in [0.15, 0.2) is 0 Å². The summed E-state index contributed by atoms with van der Waals surface area (Å²) in [6.07, 6.45) is 6.98. The highest BCUT2D eigenvalue weighted by Gasteiger charge is 2.74. The van der Waals surface area contributed by atoms with Gasteiger partial charge in [-0.25, -0.2) is 0 Å². The van der Waals surface area contributed by atoms with Crippen molar-refractivity contribution in [2.24, 2.45) is 11.3 Å². The van der Waals surface area contributed by atoms with Crippen LogP contribution in [0.3, 0.4) is 0 Å². The number of fused-ring (bicyclic) bond motifs is 2. The summed E-state index contributed by atoms with van der Waals surface area (Å²) < 4.78 is 0. The number of hydrogen-bond acceptors (Lipinski definition) is 2. The van der Waals surface area contributed by atoms with Gasteiger partial charge < -0.3 is 5.32 Å². The predicted octanol–water partition coefficient (Wildman–Crippen LogP) is 1.31. The van der Waals surface area contributed by atoms with Crippen LogP contribution < -0.4 is 5.32 Å². The molecule has 0 aliphatic heterocycles. The summed E-state index contributed by atoms with van der Waals surface area (Å²) in [6, 6.07) is 0. The second-order valence-corrected chi connectivity index (χ2v) is 5.78. The Morgan fingerprint density at radius 3 is 2.94 bits per heavy atom. The molecule has 2 saturated carbocycles. The molecule has 0 atom stereocenters. The monoisotopic (exact) mass is 231 g/mol. The van der Waals surface area contributed by atoms with Gasteiger partial charge in [0.2, 0.25) is 5.91 Å². The number of rotatable bonds is 3. The smallest absolute Gasteiger partial charge is 0.226 e. The Balaban J connectivity index is 1.44. The molecule has 0 unspecified atom stereocenters. The molecule has 1 aromatic heterocycles. The van der Waals surface area contributed by atoms with Gasteiger partial charge in [-0.05, 0) is 50.0 Å². The molecule has 0 saturated heterocycles. The number of H-pyrrole nitrogens is 1. The molecule has 3 aliphatic rings. The Bertz CT molecular complexity index is 485. The molecule has 4 heteroatoms. The average molecular weight is 231 g/mol. The predicted molar refractivity (Wildman–Crippen MR) is 62.2 cm³/mol. The summed E-state index contributed by atoms with van der Waals surface area (Å²) in [7, 11) is 0. The first-order chi connectivity index (χ1) is 8.29. The molecule has 2 N–H and O–H groups in total. The molecular formula is C13H17N3O. The van der Waals surface area contributed by atoms with Crippen molar-refractivity contribution in [2.45, 2.75) is 45.1 Å². The summed E-state index contributed by atoms with van der Waals surface area (Å²) >= 11 is 0. The van der Waals surface area contributed by atoms with Gasteiger partial charge >= 0.3 is 0 Å². The van der Waals surface area contributed by atoms with E-state index in [0.29, 0.717) is 6.54 Å². The summed E-state index contributed by atoms with van der Waals surface area (Å²) in [5.74, 6) is 0.977. The fourth-order valence-corrected chi connectivity index (χ4v) is 3.11. The highest BCUT2D eigenvalue weighted by Crippen LogP contribution is 2.75. The minimum absolute atomic E-state index is 0.0797. The first-order valence-corrected chi connectivity index (χ1v) is 6.63. The fraction of sp³-hybridized carbons (Fsp3) is 0.692. The number of nitrogens with zero attached hydrogens (tertiary/aromatic N) is 1. The zero-order valence-electron chi connectivity index (χ0n) is 9.88. The molecule has 1 aromatic rings. The molecule has 4 rings (SSSR count). The maximum absolute atomic E-state index is 11.9. The Hall–Kier alpha value is -1.32. The third kappa shape index (κ3) is 1.36. The van der Waals surface area contributed by atoms with Crippen LogP contribution in [0, 0.1) is 11.3 Å². The van der Waals surface area contributed by atoms with Crippen LogP contribution in [0.15, 0.2) is 0 Å². The number of carbonyl (C=O) groups is 1. The summed E-state index contributed by atoms with van der Waals surface area (Å²) in [6.45, 7) is 0.610. The van der Waals surface area contributed by atoms with Crippen molar-refractivity contribution in [2.75, 3.05) is 0 Å². The van der Waals surface area contributed by atoms with Crippen molar-refractivity contribution in [3.05, 3.63) is 17.0 Å². The van der Waals surface area contributed by atoms with Crippen molar-refractivity contribution in [3.63, 3.8) is 0 Å². The van der Waals surface area contributed by atoms with E-state index in [1.165, 1.54) is 24.1 Å². The van der Waals surface area contributed by atoms with E-state index in [1.54, 1.807) is 0 Å². The highest BCUT2D eigenvalue weighted by molar-refractivity contribution is 5.89. The Kier molecular flexibility index (Phi) is 1.78. The topological polar surface area (TPSA) is 57.8 Å². The SMILES string of the molecule is O=C(NCc1n[nH]c2c1CCCC2)C12CC1C2. The van der Waals surface area contributed by atoms with Crippen molar-refractivity contribution in [1.82, 2.24) is 15.5 Å². The summed E-state index contributed by atoms with van der Waals surface area (Å²) in [5.41, 5.74) is 3.78. The van der Waals surface area contributed by atoms with E-state index in [2.05, 4.69) is 15.5 Å². The lowest BCUT2D eigenvalue weighted by Gasteiger charge is -2.11. The van der Waals surface area contributed by atoms with E-state index >= 15 is 0 Å². The number of aromatic amines is 1. The zero-order chi connectivity index (χ0) is 11.5. The van der Waals surface area contributed by atoms with Gasteiger partial charge in [-0.15, -0.1) is 0 Å². The van der Waals surface area contributed by atoms with Crippen molar-refractivity contribution >= 4 is 5.91 Å². The average Bonchev–Trinajstić information content (AvgIpc) is 3.16. The molecule has 0 aromatic carbocycles. The highest BCUT2D eigenvalue weighted by atomic mass is 16.2. The van der Waals surface area contributed by atoms with Gasteiger partial charge in [0.25, 0.3) is 0 Å². The van der Waals surface area contributed by atoms with Gasteiger partial charge in [0.05, 0.1) is 17.7 Å². The van der Waals surface area contributed by atoms with Gasteiger partial charge in [-0.3, -0.25) is 9.89 Å². The van der Waals surface area contributed by atoms with Crippen molar-refractivity contribution in [3.8, 4) is 0 Å². The van der Waals surface area contributed by atoms with Crippen LogP contribution in [0.4, 0.5) is 0 Å². The quantitative estimate of drug-likeness (QED) is 0.824. The molecule has 90 valence electrons. The number of amides is 1. The van der Waals surface area contributed by atoms with E-state index in [9.17, 15) is 4.79 Å². The van der Waals surface area contributed by atoms with E-state index in [0.717, 1.165) is 37.3 Å². The molecule has 1 heterocycles. The Morgan fingerprint density at radius 2 is 2.18 bits per heavy atom. The molecule has 3 aliphatic carbocycles. The van der Waals surface area contributed by atoms with E-state index in [1.807, 2.05) is 0 Å². The standard InChI is InChI=1S/C13H17N3O/c17-12(13-5-8(13)6-13)14-7-11-9-3-1-2-4-10(9)15-16-11/h8H,1-7H2,(H,14,17)(H,15,16). The minimum Gasteiger partial charge on any atom is -0.350 e. The zero-order valence-corrected chi connectivity index (χ0v) is 9.88. The fourth-order valence-electron chi connectivity index (χ4n) is 3.11. The molecule has 4 nitrogen and oxygen atoms in total. The molecule has 0 radical (unpaired) electrons. The maximum atomic E-state index is 11.9. The summed E-state index contributed by atoms with van der Waals surface area (Å²) in [5, 5.41) is 10.5. The first-order valence-electron chi connectivity index (χ1n) is 6.63. The van der Waals surface area contributed by atoms with E-state index in [4.69, 9.17) is 0 Å². The summed E-state index contributed by atoms with van der Waals surface area (Å²) in [4.78, 5) is 11.9. The molecule has 0 spiro atoms. The van der Waals surface area contributed by atoms with Crippen LogP contribution in [-0.2, 0) is 24.2 Å². The van der Waals surface area contributed by atoms with Crippen LogP contribution in [0.1, 0.15) is 42.6 Å². The molecule has 17 heavy (non-hydrogen) atoms. The van der Waals surface area contributed by atoms with Crippen molar-refractivity contribution in [1.29, 1.82) is 0 Å². The van der Waals surface area contributed by atoms with Gasteiger partial charge in [0, 0.05) is 5.69 Å². The Labute approximate surface area is 100 Å². The van der Waals surface area contributed by atoms with Crippen LogP contribution in [0.5, 0.6) is 0 Å². The van der Waals surface area contributed by atoms with Gasteiger partial charge in [-0.2, -0.15) is 5.10 Å². The lowest BCUT2D eigenvalue weighted by atomic mass is 9.96. The van der Waals surface area contributed by atoms with Gasteiger partial charge in [0.1, 0.15) is 0 Å². The first kappa shape index (κ1) is 9.68. The Morgan fingerprint density at radius 1 is 1.41 bits per heavy atom. The molecule has 2 fully saturated rings. The largest absolute Gasteiger partial charge is 0.350 e. The van der Waals surface area contributed by atoms with Crippen LogP contribution in [0.25, 0.3) is 0 Å². The number of hydrogen-bond donors (Lipinski definition) is 2.